The fourth-order valence-electron chi connectivity index (χ4n) is 6.14. The van der Waals surface area contributed by atoms with E-state index in [1.165, 1.54) is 31.4 Å². The minimum absolute atomic E-state index is 0.0205. The highest BCUT2D eigenvalue weighted by Gasteiger charge is 2.51. The van der Waals surface area contributed by atoms with Gasteiger partial charge in [0.05, 0.1) is 38.6 Å². The highest BCUT2D eigenvalue weighted by molar-refractivity contribution is 5.88. The van der Waals surface area contributed by atoms with Gasteiger partial charge in [0.15, 0.2) is 29.3 Å². The van der Waals surface area contributed by atoms with Crippen molar-refractivity contribution < 1.29 is 89.0 Å². The van der Waals surface area contributed by atoms with Gasteiger partial charge in [-0.05, 0) is 29.8 Å². The Morgan fingerprint density at radius 2 is 1.44 bits per heavy atom. The predicted molar refractivity (Wildman–Crippen MR) is 187 cm³/mol. The molecule has 2 saturated heterocycles. The third-order valence-corrected chi connectivity index (χ3v) is 9.09. The Kier molecular flexibility index (Phi) is 12.1. The number of phenolic OH excluding ortho intramolecular Hbond substituents is 5. The van der Waals surface area contributed by atoms with Crippen molar-refractivity contribution in [3.05, 3.63) is 66.2 Å². The Balaban J connectivity index is 1.16. The smallest absolute Gasteiger partial charge is 0.402 e. The molecule has 10 atom stereocenters. The number of aromatic hydroxyl groups is 5. The number of rotatable bonds is 12. The standard InChI is InChI=1S/C37H40O18/c1-49-25-9-16(4-6-21(25)41)3-2-8-50-15-28-29(44)30(45)32(47)37(54-28)55-35-27(14-38)53-36(33(48)31(35)46)52-26-13-19-22(42)11-18(39)12-24(19)51-34(26)17-5-7-20(40)23(43)10-17/h2-7,9-13,27-33,35-38,44-48H,8,14-15H2,1H3,(H4-,39,40,41,42,43)/p+1/b3-2+/t27-,28-,29-,30+,31-,32-,33-,35+,36-,37?/m1/s1. The van der Waals surface area contributed by atoms with Crippen LogP contribution in [0.25, 0.3) is 28.4 Å². The average Bonchev–Trinajstić information content (AvgIpc) is 3.16. The van der Waals surface area contributed by atoms with Crippen LogP contribution >= 0.6 is 0 Å². The van der Waals surface area contributed by atoms with Gasteiger partial charge in [-0.1, -0.05) is 18.2 Å². The molecular weight excluding hydrogens is 732 g/mol. The van der Waals surface area contributed by atoms with E-state index in [0.717, 1.165) is 18.2 Å². The topological polar surface area (TPSA) is 289 Å². The molecule has 0 radical (unpaired) electrons. The highest BCUT2D eigenvalue weighted by Crippen LogP contribution is 2.42. The summed E-state index contributed by atoms with van der Waals surface area (Å²) in [6, 6.07) is 11.9. The number of fused-ring (bicyclic) bond motifs is 1. The first-order chi connectivity index (χ1) is 26.3. The number of benzene rings is 3. The van der Waals surface area contributed by atoms with Gasteiger partial charge in [-0.3, -0.25) is 0 Å². The molecule has 0 saturated carbocycles. The molecule has 1 unspecified atom stereocenters. The van der Waals surface area contributed by atoms with E-state index in [0.29, 0.717) is 5.56 Å². The largest absolute Gasteiger partial charge is 0.507 e. The molecule has 2 aliphatic heterocycles. The molecule has 2 fully saturated rings. The van der Waals surface area contributed by atoms with Gasteiger partial charge in [0.2, 0.25) is 12.0 Å². The first-order valence-electron chi connectivity index (χ1n) is 16.9. The van der Waals surface area contributed by atoms with E-state index in [-0.39, 0.29) is 58.5 Å². The normalized spacial score (nSPS) is 28.4. The van der Waals surface area contributed by atoms with E-state index < -0.39 is 85.3 Å². The molecule has 18 nitrogen and oxygen atoms in total. The van der Waals surface area contributed by atoms with Crippen LogP contribution < -0.4 is 9.47 Å². The van der Waals surface area contributed by atoms with Crippen molar-refractivity contribution in [2.75, 3.05) is 26.9 Å². The summed E-state index contributed by atoms with van der Waals surface area (Å²) < 4.78 is 39.8. The Hall–Kier alpha value is -4.99. The van der Waals surface area contributed by atoms with Crippen molar-refractivity contribution in [2.45, 2.75) is 61.4 Å². The van der Waals surface area contributed by atoms with E-state index in [1.54, 1.807) is 24.3 Å². The quantitative estimate of drug-likeness (QED) is 0.0535. The Morgan fingerprint density at radius 3 is 2.16 bits per heavy atom. The Labute approximate surface area is 312 Å². The minimum Gasteiger partial charge on any atom is -0.507 e. The van der Waals surface area contributed by atoms with Gasteiger partial charge in [-0.15, -0.1) is 0 Å². The molecule has 3 heterocycles. The van der Waals surface area contributed by atoms with Gasteiger partial charge in [0.25, 0.3) is 0 Å². The number of phenols is 5. The molecule has 0 amide bonds. The molecule has 0 spiro atoms. The lowest BCUT2D eigenvalue weighted by Crippen LogP contribution is -2.65. The number of aliphatic hydroxyl groups is 6. The number of hydrogen-bond donors (Lipinski definition) is 11. The van der Waals surface area contributed by atoms with E-state index in [2.05, 4.69) is 0 Å². The molecule has 0 bridgehead atoms. The zero-order chi connectivity index (χ0) is 39.6. The molecule has 0 aliphatic carbocycles. The summed E-state index contributed by atoms with van der Waals surface area (Å²) in [5.41, 5.74) is 0.817. The number of hydrogen-bond acceptors (Lipinski definition) is 17. The average molecular weight is 774 g/mol. The van der Waals surface area contributed by atoms with Crippen LogP contribution in [0.2, 0.25) is 0 Å². The summed E-state index contributed by atoms with van der Waals surface area (Å²) in [6.45, 7) is -1.08. The number of aliphatic hydroxyl groups excluding tert-OH is 6. The summed E-state index contributed by atoms with van der Waals surface area (Å²) in [4.78, 5) is 0. The molecule has 1 aromatic heterocycles. The van der Waals surface area contributed by atoms with Crippen LogP contribution in [-0.2, 0) is 18.9 Å². The summed E-state index contributed by atoms with van der Waals surface area (Å²) in [5.74, 6) is -1.80. The van der Waals surface area contributed by atoms with Gasteiger partial charge < -0.3 is 84.6 Å². The van der Waals surface area contributed by atoms with Gasteiger partial charge >= 0.3 is 11.3 Å². The van der Waals surface area contributed by atoms with E-state index in [4.69, 9.17) is 32.8 Å². The maximum absolute atomic E-state index is 11.2. The highest BCUT2D eigenvalue weighted by atomic mass is 16.7. The first kappa shape index (κ1) is 39.7. The van der Waals surface area contributed by atoms with E-state index >= 15 is 0 Å². The summed E-state index contributed by atoms with van der Waals surface area (Å²) in [5, 5.41) is 115. The molecule has 2 aliphatic rings. The predicted octanol–water partition coefficient (Wildman–Crippen LogP) is 0.658. The SMILES string of the molecule is COc1cc(/C=C/COC[C@H]2OC(O[C@@H]3[C@H](O)[C@@H](O)[C@H](Oc4cc5c(O)cc(O)cc5[o+]c4-c4ccc(O)c(O)c4)O[C@@H]3CO)[C@H](O)[C@@H](O)[C@@H]2O)ccc1O. The molecule has 6 rings (SSSR count). The molecule has 18 heteroatoms. The summed E-state index contributed by atoms with van der Waals surface area (Å²) in [7, 11) is 1.42. The molecule has 55 heavy (non-hydrogen) atoms. The van der Waals surface area contributed by atoms with Crippen molar-refractivity contribution in [3.8, 4) is 51.6 Å². The van der Waals surface area contributed by atoms with Gasteiger partial charge in [-0.25, -0.2) is 4.42 Å². The van der Waals surface area contributed by atoms with Gasteiger partial charge in [-0.2, -0.15) is 0 Å². The zero-order valence-electron chi connectivity index (χ0n) is 29.0. The van der Waals surface area contributed by atoms with Crippen molar-refractivity contribution in [2.24, 2.45) is 0 Å². The lowest BCUT2D eigenvalue weighted by Gasteiger charge is -2.45. The second-order valence-electron chi connectivity index (χ2n) is 12.8. The van der Waals surface area contributed by atoms with Crippen LogP contribution in [0.5, 0.6) is 40.2 Å². The minimum atomic E-state index is -1.92. The number of methoxy groups -OCH3 is 1. The molecule has 11 N–H and O–H groups in total. The van der Waals surface area contributed by atoms with Crippen LogP contribution in [0, 0.1) is 0 Å². The molecule has 3 aromatic carbocycles. The lowest BCUT2D eigenvalue weighted by atomic mass is 9.97. The van der Waals surface area contributed by atoms with Crippen LogP contribution in [0.15, 0.2) is 65.1 Å². The molecule has 296 valence electrons. The summed E-state index contributed by atoms with van der Waals surface area (Å²) >= 11 is 0. The molecule has 4 aromatic rings. The zero-order valence-corrected chi connectivity index (χ0v) is 29.0. The Morgan fingerprint density at radius 1 is 0.709 bits per heavy atom. The van der Waals surface area contributed by atoms with Crippen molar-refractivity contribution >= 4 is 17.0 Å². The van der Waals surface area contributed by atoms with Gasteiger partial charge in [0.1, 0.15) is 65.7 Å². The fraction of sp³-hybridized carbons (Fsp3) is 0.378. The third-order valence-electron chi connectivity index (χ3n) is 9.09. The summed E-state index contributed by atoms with van der Waals surface area (Å²) in [6.07, 6.45) is -13.5. The van der Waals surface area contributed by atoms with Crippen molar-refractivity contribution in [1.29, 1.82) is 0 Å². The second kappa shape index (κ2) is 16.8. The van der Waals surface area contributed by atoms with Crippen molar-refractivity contribution in [3.63, 3.8) is 0 Å². The lowest BCUT2D eigenvalue weighted by molar-refractivity contribution is -0.353. The second-order valence-corrected chi connectivity index (χ2v) is 12.8. The van der Waals surface area contributed by atoms with Crippen LogP contribution in [0.4, 0.5) is 0 Å². The van der Waals surface area contributed by atoms with Crippen LogP contribution in [0.1, 0.15) is 5.56 Å². The van der Waals surface area contributed by atoms with E-state index in [1.807, 2.05) is 0 Å². The van der Waals surface area contributed by atoms with Gasteiger partial charge in [0, 0.05) is 18.2 Å². The van der Waals surface area contributed by atoms with Crippen molar-refractivity contribution in [1.82, 2.24) is 0 Å². The molecular formula is C37H41O18+. The maximum atomic E-state index is 11.2. The van der Waals surface area contributed by atoms with E-state index in [9.17, 15) is 56.2 Å². The van der Waals surface area contributed by atoms with Crippen LogP contribution in [-0.4, -0.2) is 145 Å². The fourth-order valence-corrected chi connectivity index (χ4v) is 6.14. The van der Waals surface area contributed by atoms with Crippen LogP contribution in [0.3, 0.4) is 0 Å². The number of ether oxygens (including phenoxy) is 6. The Bertz CT molecular complexity index is 1990. The monoisotopic (exact) mass is 773 g/mol. The first-order valence-corrected chi connectivity index (χ1v) is 16.9. The maximum Gasteiger partial charge on any atom is 0.402 e. The third kappa shape index (κ3) is 8.48.